The summed E-state index contributed by atoms with van der Waals surface area (Å²) < 4.78 is 0. The van der Waals surface area contributed by atoms with E-state index in [0.29, 0.717) is 0 Å². The summed E-state index contributed by atoms with van der Waals surface area (Å²) in [5, 5.41) is 19.5. The first kappa shape index (κ1) is 15.4. The molecule has 0 heterocycles. The van der Waals surface area contributed by atoms with Gasteiger partial charge in [0, 0.05) is 25.7 Å². The lowest BCUT2D eigenvalue weighted by molar-refractivity contribution is -0.384. The highest BCUT2D eigenvalue weighted by atomic mass is 16.6. The minimum Gasteiger partial charge on any atom is -0.340 e. The molecule has 8 heteroatoms. The van der Waals surface area contributed by atoms with Gasteiger partial charge in [-0.1, -0.05) is 0 Å². The summed E-state index contributed by atoms with van der Waals surface area (Å²) in [4.78, 5) is 23.7. The van der Waals surface area contributed by atoms with E-state index in [1.54, 1.807) is 6.92 Å². The summed E-state index contributed by atoms with van der Waals surface area (Å²) in [5.41, 5.74) is 2.51. The number of benzene rings is 1. The van der Waals surface area contributed by atoms with Crippen molar-refractivity contribution in [2.45, 2.75) is 6.92 Å². The third kappa shape index (κ3) is 3.43. The molecule has 0 aliphatic rings. The van der Waals surface area contributed by atoms with Crippen molar-refractivity contribution in [3.63, 3.8) is 0 Å². The highest BCUT2D eigenvalue weighted by Crippen LogP contribution is 2.22. The second-order valence-electron chi connectivity index (χ2n) is 4.35. The second-order valence-corrected chi connectivity index (χ2v) is 4.35. The third-order valence-electron chi connectivity index (χ3n) is 2.71. The molecule has 20 heavy (non-hydrogen) atoms. The summed E-state index contributed by atoms with van der Waals surface area (Å²) >= 11 is 0. The van der Waals surface area contributed by atoms with E-state index in [9.17, 15) is 14.9 Å². The number of hydrogen-bond acceptors (Lipinski definition) is 6. The minimum absolute atomic E-state index is 0.0920. The molecule has 1 atom stereocenters. The number of nitrogens with two attached hydrogens (primary N) is 1. The van der Waals surface area contributed by atoms with Gasteiger partial charge in [-0.05, 0) is 13.0 Å². The molecular formula is C12H15N5O3. The normalized spacial score (nSPS) is 11.3. The smallest absolute Gasteiger partial charge is 0.270 e. The van der Waals surface area contributed by atoms with Crippen LogP contribution in [0.1, 0.15) is 17.3 Å². The molecule has 0 radical (unpaired) electrons. The molecule has 0 aromatic heterocycles. The summed E-state index contributed by atoms with van der Waals surface area (Å²) in [6, 6.07) is 5.80. The molecule has 0 saturated heterocycles. The molecule has 1 unspecified atom stereocenters. The monoisotopic (exact) mass is 277 g/mol. The van der Waals surface area contributed by atoms with Crippen molar-refractivity contribution in [1.82, 2.24) is 4.90 Å². The van der Waals surface area contributed by atoms with Crippen LogP contribution in [0.2, 0.25) is 0 Å². The predicted octanol–water partition coefficient (Wildman–Crippen LogP) is 1.11. The Labute approximate surface area is 115 Å². The van der Waals surface area contributed by atoms with Crippen LogP contribution in [-0.2, 0) is 0 Å². The molecule has 1 amide bonds. The van der Waals surface area contributed by atoms with E-state index < -0.39 is 10.8 Å². The standard InChI is InChI=1S/C12H15N5O3/c1-8(6-13)7-16(2)12(18)10-5-9(17(19)20)3-4-11(10)15-14/h3-5,8,15H,7,14H2,1-2H3. The molecule has 0 aliphatic heterocycles. The van der Waals surface area contributed by atoms with Crippen LogP contribution in [0, 0.1) is 27.4 Å². The number of anilines is 1. The Bertz CT molecular complexity index is 567. The molecule has 1 rings (SSSR count). The lowest BCUT2D eigenvalue weighted by Crippen LogP contribution is -2.31. The number of non-ortho nitro benzene ring substituents is 1. The van der Waals surface area contributed by atoms with Crippen molar-refractivity contribution < 1.29 is 9.72 Å². The number of amides is 1. The molecule has 0 bridgehead atoms. The zero-order valence-electron chi connectivity index (χ0n) is 11.2. The summed E-state index contributed by atoms with van der Waals surface area (Å²) in [7, 11) is 1.52. The van der Waals surface area contributed by atoms with Gasteiger partial charge in [-0.25, -0.2) is 0 Å². The molecule has 0 spiro atoms. The van der Waals surface area contributed by atoms with E-state index in [-0.39, 0.29) is 29.4 Å². The number of rotatable bonds is 5. The van der Waals surface area contributed by atoms with E-state index >= 15 is 0 Å². The Hall–Kier alpha value is -2.66. The van der Waals surface area contributed by atoms with Crippen LogP contribution >= 0.6 is 0 Å². The SMILES string of the molecule is CC(C#N)CN(C)C(=O)c1cc([N+](=O)[O-])ccc1NN. The molecule has 0 aliphatic carbocycles. The summed E-state index contributed by atoms with van der Waals surface area (Å²) in [6.45, 7) is 1.90. The fourth-order valence-corrected chi connectivity index (χ4v) is 1.69. The van der Waals surface area contributed by atoms with Gasteiger partial charge in [0.1, 0.15) is 0 Å². The van der Waals surface area contributed by atoms with Gasteiger partial charge in [-0.3, -0.25) is 20.8 Å². The zero-order valence-corrected chi connectivity index (χ0v) is 11.2. The van der Waals surface area contributed by atoms with Crippen LogP contribution in [-0.4, -0.2) is 29.3 Å². The number of carbonyl (C=O) groups is 1. The van der Waals surface area contributed by atoms with Crippen LogP contribution in [0.25, 0.3) is 0 Å². The van der Waals surface area contributed by atoms with Crippen molar-refractivity contribution in [3.05, 3.63) is 33.9 Å². The van der Waals surface area contributed by atoms with Crippen LogP contribution in [0.4, 0.5) is 11.4 Å². The van der Waals surface area contributed by atoms with Gasteiger partial charge in [0.15, 0.2) is 0 Å². The number of hydrazine groups is 1. The molecule has 1 aromatic rings. The van der Waals surface area contributed by atoms with Gasteiger partial charge < -0.3 is 10.3 Å². The number of nitrogens with one attached hydrogen (secondary N) is 1. The van der Waals surface area contributed by atoms with Crippen molar-refractivity contribution >= 4 is 17.3 Å². The largest absolute Gasteiger partial charge is 0.340 e. The highest BCUT2D eigenvalue weighted by Gasteiger charge is 2.20. The van der Waals surface area contributed by atoms with Crippen molar-refractivity contribution in [2.24, 2.45) is 11.8 Å². The Kier molecular flexibility index (Phi) is 5.00. The Morgan fingerprint density at radius 3 is 2.80 bits per heavy atom. The fourth-order valence-electron chi connectivity index (χ4n) is 1.69. The van der Waals surface area contributed by atoms with Crippen molar-refractivity contribution in [2.75, 3.05) is 19.0 Å². The topological polar surface area (TPSA) is 125 Å². The first-order chi connectivity index (χ1) is 9.40. The molecule has 0 saturated carbocycles. The Morgan fingerprint density at radius 1 is 1.65 bits per heavy atom. The quantitative estimate of drug-likeness (QED) is 0.471. The maximum Gasteiger partial charge on any atom is 0.270 e. The van der Waals surface area contributed by atoms with Crippen molar-refractivity contribution in [1.29, 1.82) is 5.26 Å². The van der Waals surface area contributed by atoms with Crippen LogP contribution in [0.5, 0.6) is 0 Å². The molecule has 3 N–H and O–H groups in total. The van der Waals surface area contributed by atoms with E-state index in [2.05, 4.69) is 5.43 Å². The number of hydrogen-bond donors (Lipinski definition) is 2. The lowest BCUT2D eigenvalue weighted by Gasteiger charge is -2.19. The van der Waals surface area contributed by atoms with E-state index in [1.165, 1.54) is 24.1 Å². The average molecular weight is 277 g/mol. The van der Waals surface area contributed by atoms with Crippen molar-refractivity contribution in [3.8, 4) is 6.07 Å². The van der Waals surface area contributed by atoms with Gasteiger partial charge in [-0.15, -0.1) is 0 Å². The molecule has 1 aromatic carbocycles. The third-order valence-corrected chi connectivity index (χ3v) is 2.71. The maximum absolute atomic E-state index is 12.2. The van der Waals surface area contributed by atoms with Gasteiger partial charge in [0.05, 0.1) is 28.2 Å². The van der Waals surface area contributed by atoms with Gasteiger partial charge in [0.2, 0.25) is 0 Å². The molecule has 8 nitrogen and oxygen atoms in total. The number of nitro benzene ring substituents is 1. The first-order valence-electron chi connectivity index (χ1n) is 5.80. The van der Waals surface area contributed by atoms with E-state index in [4.69, 9.17) is 11.1 Å². The van der Waals surface area contributed by atoms with E-state index in [1.807, 2.05) is 6.07 Å². The molecule has 106 valence electrons. The zero-order chi connectivity index (χ0) is 15.3. The molecule has 0 fully saturated rings. The second kappa shape index (κ2) is 6.49. The minimum atomic E-state index is -0.588. The van der Waals surface area contributed by atoms with Crippen LogP contribution < -0.4 is 11.3 Å². The lowest BCUT2D eigenvalue weighted by atomic mass is 10.1. The number of nitriles is 1. The van der Waals surface area contributed by atoms with Crippen LogP contribution in [0.15, 0.2) is 18.2 Å². The number of carbonyl (C=O) groups excluding carboxylic acids is 1. The average Bonchev–Trinajstić information content (AvgIpc) is 2.45. The predicted molar refractivity (Wildman–Crippen MR) is 72.6 cm³/mol. The summed E-state index contributed by atoms with van der Waals surface area (Å²) in [6.07, 6.45) is 0. The highest BCUT2D eigenvalue weighted by molar-refractivity contribution is 6.00. The Morgan fingerprint density at radius 2 is 2.30 bits per heavy atom. The number of nitrogen functional groups attached to an aromatic ring is 1. The summed E-state index contributed by atoms with van der Waals surface area (Å²) in [5.74, 6) is 4.52. The van der Waals surface area contributed by atoms with Gasteiger partial charge in [0.25, 0.3) is 11.6 Å². The van der Waals surface area contributed by atoms with Gasteiger partial charge >= 0.3 is 0 Å². The van der Waals surface area contributed by atoms with Crippen LogP contribution in [0.3, 0.4) is 0 Å². The Balaban J connectivity index is 3.10. The van der Waals surface area contributed by atoms with Gasteiger partial charge in [-0.2, -0.15) is 5.26 Å². The molecular weight excluding hydrogens is 262 g/mol. The van der Waals surface area contributed by atoms with E-state index in [0.717, 1.165) is 6.07 Å². The first-order valence-corrected chi connectivity index (χ1v) is 5.80. The number of nitro groups is 1. The fraction of sp³-hybridized carbons (Fsp3) is 0.333. The maximum atomic E-state index is 12.2. The number of nitrogens with zero attached hydrogens (tertiary/aromatic N) is 3.